The molecule has 0 aromatic carbocycles. The Kier molecular flexibility index (Phi) is 9.56. The van der Waals surface area contributed by atoms with Crippen LogP contribution in [0.3, 0.4) is 0 Å². The molecule has 0 saturated carbocycles. The Hall–Kier alpha value is -1.04. The SMILES string of the molecule is C=C(CC(NC)(NC)NC)C(=O)O.COS(=O)(=O)O. The molecule has 0 heterocycles. The van der Waals surface area contributed by atoms with Crippen LogP contribution in [-0.4, -0.2) is 58.1 Å². The Labute approximate surface area is 113 Å². The number of carboxylic acids is 1. The molecule has 19 heavy (non-hydrogen) atoms. The Morgan fingerprint density at radius 2 is 1.58 bits per heavy atom. The fourth-order valence-corrected chi connectivity index (χ4v) is 1.04. The Bertz CT molecular complexity index is 382. The van der Waals surface area contributed by atoms with E-state index < -0.39 is 22.2 Å². The molecule has 0 amide bonds. The van der Waals surface area contributed by atoms with Crippen LogP contribution in [0, 0.1) is 0 Å². The fraction of sp³-hybridized carbons (Fsp3) is 0.667. The number of carboxylic acid groups (broad SMARTS) is 1. The molecule has 0 aliphatic carbocycles. The third kappa shape index (κ3) is 9.53. The summed E-state index contributed by atoms with van der Waals surface area (Å²) in [5, 5.41) is 17.5. The minimum atomic E-state index is -4.16. The van der Waals surface area contributed by atoms with Crippen LogP contribution in [0.15, 0.2) is 12.2 Å². The number of hydrogen-bond acceptors (Lipinski definition) is 7. The predicted molar refractivity (Wildman–Crippen MR) is 69.9 cm³/mol. The first-order chi connectivity index (χ1) is 8.57. The number of rotatable bonds is 7. The Balaban J connectivity index is 0. The summed E-state index contributed by atoms with van der Waals surface area (Å²) in [4.78, 5) is 10.5. The summed E-state index contributed by atoms with van der Waals surface area (Å²) in [6, 6.07) is 0. The second-order valence-corrected chi connectivity index (χ2v) is 4.52. The van der Waals surface area contributed by atoms with Crippen LogP contribution in [0.2, 0.25) is 0 Å². The monoisotopic (exact) mass is 299 g/mol. The zero-order valence-corrected chi connectivity index (χ0v) is 12.2. The van der Waals surface area contributed by atoms with Gasteiger partial charge in [0.2, 0.25) is 0 Å². The van der Waals surface area contributed by atoms with Crippen LogP contribution in [0.4, 0.5) is 0 Å². The van der Waals surface area contributed by atoms with Crippen LogP contribution < -0.4 is 16.0 Å². The quantitative estimate of drug-likeness (QED) is 0.222. The van der Waals surface area contributed by atoms with E-state index in [1.165, 1.54) is 0 Å². The van der Waals surface area contributed by atoms with Gasteiger partial charge in [-0.25, -0.2) is 4.79 Å². The van der Waals surface area contributed by atoms with Crippen LogP contribution >= 0.6 is 0 Å². The molecule has 0 aliphatic rings. The van der Waals surface area contributed by atoms with Crippen molar-refractivity contribution in [3.05, 3.63) is 12.2 Å². The minimum absolute atomic E-state index is 0.151. The van der Waals surface area contributed by atoms with Crippen molar-refractivity contribution in [1.29, 1.82) is 0 Å². The maximum Gasteiger partial charge on any atom is 0.397 e. The molecule has 0 radical (unpaired) electrons. The number of carbonyl (C=O) groups is 1. The van der Waals surface area contributed by atoms with E-state index in [2.05, 4.69) is 26.7 Å². The summed E-state index contributed by atoms with van der Waals surface area (Å²) in [6.45, 7) is 3.46. The highest BCUT2D eigenvalue weighted by atomic mass is 32.3. The highest BCUT2D eigenvalue weighted by Gasteiger charge is 2.26. The van der Waals surface area contributed by atoms with Gasteiger partial charge in [0, 0.05) is 12.0 Å². The molecule has 0 bridgehead atoms. The summed E-state index contributed by atoms with van der Waals surface area (Å²) in [7, 11) is 1.92. The molecule has 0 unspecified atom stereocenters. The molecule has 0 aromatic heterocycles. The van der Waals surface area contributed by atoms with Gasteiger partial charge in [0.25, 0.3) is 0 Å². The lowest BCUT2D eigenvalue weighted by Gasteiger charge is -2.32. The van der Waals surface area contributed by atoms with Gasteiger partial charge < -0.3 is 5.11 Å². The first kappa shape index (κ1) is 20.3. The molecule has 0 saturated heterocycles. The summed E-state index contributed by atoms with van der Waals surface area (Å²) >= 11 is 0. The highest BCUT2D eigenvalue weighted by Crippen LogP contribution is 2.08. The van der Waals surface area contributed by atoms with Crippen molar-refractivity contribution in [3.8, 4) is 0 Å². The molecule has 10 heteroatoms. The van der Waals surface area contributed by atoms with E-state index in [9.17, 15) is 13.2 Å². The van der Waals surface area contributed by atoms with Crippen LogP contribution in [0.5, 0.6) is 0 Å². The van der Waals surface area contributed by atoms with Gasteiger partial charge in [-0.1, -0.05) is 6.58 Å². The molecule has 0 atom stereocenters. The van der Waals surface area contributed by atoms with E-state index >= 15 is 0 Å². The predicted octanol–water partition coefficient (Wildman–Crippen LogP) is -1.24. The first-order valence-electron chi connectivity index (χ1n) is 5.08. The van der Waals surface area contributed by atoms with Crippen molar-refractivity contribution >= 4 is 16.4 Å². The van der Waals surface area contributed by atoms with Crippen molar-refractivity contribution < 1.29 is 27.1 Å². The maximum atomic E-state index is 10.5. The van der Waals surface area contributed by atoms with Gasteiger partial charge in [0.1, 0.15) is 5.79 Å². The van der Waals surface area contributed by atoms with Crippen molar-refractivity contribution in [1.82, 2.24) is 16.0 Å². The standard InChI is InChI=1S/C8H17N3O2.CH4O4S/c1-6(7(12)13)5-8(9-2,10-3)11-4;1-5-6(2,3)4/h9-11H,1,5H2,2-4H3,(H,12,13);1H3,(H,2,3,4). The van der Waals surface area contributed by atoms with Crippen LogP contribution in [-0.2, 0) is 19.4 Å². The van der Waals surface area contributed by atoms with Gasteiger partial charge in [-0.2, -0.15) is 8.42 Å². The summed E-state index contributed by atoms with van der Waals surface area (Å²) in [5.41, 5.74) is 0.151. The molecule has 0 fully saturated rings. The van der Waals surface area contributed by atoms with Gasteiger partial charge in [-0.3, -0.25) is 24.7 Å². The third-order valence-electron chi connectivity index (χ3n) is 2.27. The van der Waals surface area contributed by atoms with Crippen LogP contribution in [0.25, 0.3) is 0 Å². The smallest absolute Gasteiger partial charge is 0.397 e. The molecular weight excluding hydrogens is 278 g/mol. The lowest BCUT2D eigenvalue weighted by Crippen LogP contribution is -2.63. The average Bonchev–Trinajstić information content (AvgIpc) is 2.35. The molecule has 114 valence electrons. The summed E-state index contributed by atoms with van der Waals surface area (Å²) in [5.74, 6) is -1.58. The number of nitrogens with one attached hydrogen (secondary N) is 3. The molecular formula is C9H21N3O6S. The van der Waals surface area contributed by atoms with Gasteiger partial charge in [-0.05, 0) is 21.1 Å². The molecule has 5 N–H and O–H groups in total. The molecule has 0 spiro atoms. The van der Waals surface area contributed by atoms with E-state index in [-0.39, 0.29) is 12.0 Å². The molecule has 0 aromatic rings. The summed E-state index contributed by atoms with van der Waals surface area (Å²) < 4.78 is 29.7. The van der Waals surface area contributed by atoms with Crippen molar-refractivity contribution in [2.24, 2.45) is 0 Å². The van der Waals surface area contributed by atoms with E-state index in [1.54, 1.807) is 21.1 Å². The van der Waals surface area contributed by atoms with E-state index in [0.29, 0.717) is 0 Å². The maximum absolute atomic E-state index is 10.5. The number of hydrogen-bond donors (Lipinski definition) is 5. The van der Waals surface area contributed by atoms with Gasteiger partial charge >= 0.3 is 16.4 Å². The van der Waals surface area contributed by atoms with Crippen molar-refractivity contribution in [2.75, 3.05) is 28.3 Å². The topological polar surface area (TPSA) is 137 Å². The van der Waals surface area contributed by atoms with Crippen LogP contribution in [0.1, 0.15) is 6.42 Å². The minimum Gasteiger partial charge on any atom is -0.478 e. The molecule has 9 nitrogen and oxygen atoms in total. The lowest BCUT2D eigenvalue weighted by molar-refractivity contribution is -0.133. The Morgan fingerprint density at radius 1 is 1.26 bits per heavy atom. The highest BCUT2D eigenvalue weighted by molar-refractivity contribution is 7.80. The molecule has 0 rings (SSSR count). The first-order valence-corrected chi connectivity index (χ1v) is 6.44. The van der Waals surface area contributed by atoms with E-state index in [4.69, 9.17) is 9.66 Å². The fourth-order valence-electron chi connectivity index (χ4n) is 1.04. The van der Waals surface area contributed by atoms with Gasteiger partial charge in [-0.15, -0.1) is 0 Å². The van der Waals surface area contributed by atoms with Crippen molar-refractivity contribution in [2.45, 2.75) is 12.2 Å². The third-order valence-corrected chi connectivity index (χ3v) is 2.69. The Morgan fingerprint density at radius 3 is 1.74 bits per heavy atom. The van der Waals surface area contributed by atoms with E-state index in [1.807, 2.05) is 0 Å². The number of aliphatic carboxylic acids is 1. The molecule has 0 aliphatic heterocycles. The average molecular weight is 299 g/mol. The van der Waals surface area contributed by atoms with Gasteiger partial charge in [0.15, 0.2) is 0 Å². The zero-order valence-electron chi connectivity index (χ0n) is 11.3. The zero-order chi connectivity index (χ0) is 15.7. The van der Waals surface area contributed by atoms with E-state index in [0.717, 1.165) is 7.11 Å². The largest absolute Gasteiger partial charge is 0.478 e. The second kappa shape index (κ2) is 8.96. The normalized spacial score (nSPS) is 11.4. The second-order valence-electron chi connectivity index (χ2n) is 3.34. The summed E-state index contributed by atoms with van der Waals surface area (Å²) in [6.07, 6.45) is 0.284. The van der Waals surface area contributed by atoms with Gasteiger partial charge in [0.05, 0.1) is 7.11 Å². The lowest BCUT2D eigenvalue weighted by atomic mass is 10.1. The van der Waals surface area contributed by atoms with Crippen molar-refractivity contribution in [3.63, 3.8) is 0 Å².